The lowest BCUT2D eigenvalue weighted by Gasteiger charge is -2.00. The predicted octanol–water partition coefficient (Wildman–Crippen LogP) is 3.76. The van der Waals surface area contributed by atoms with Crippen LogP contribution in [0, 0.1) is 11.6 Å². The van der Waals surface area contributed by atoms with E-state index in [9.17, 15) is 8.78 Å². The Bertz CT molecular complexity index is 504. The zero-order valence-corrected chi connectivity index (χ0v) is 10.2. The fourth-order valence-corrected chi connectivity index (χ4v) is 2.66. The van der Waals surface area contributed by atoms with E-state index in [0.717, 1.165) is 23.7 Å². The Morgan fingerprint density at radius 1 is 1.31 bits per heavy atom. The van der Waals surface area contributed by atoms with E-state index >= 15 is 0 Å². The summed E-state index contributed by atoms with van der Waals surface area (Å²) >= 11 is 8.24. The number of hydrogen-bond donors (Lipinski definition) is 0. The van der Waals surface area contributed by atoms with Gasteiger partial charge in [-0.15, -0.1) is 16.9 Å². The van der Waals surface area contributed by atoms with Crippen LogP contribution in [0.5, 0.6) is 0 Å². The largest absolute Gasteiger partial charge is 0.204 e. The van der Waals surface area contributed by atoms with Gasteiger partial charge in [-0.25, -0.2) is 8.78 Å². The highest BCUT2D eigenvalue weighted by atomic mass is 35.5. The SMILES string of the molecule is Fc1ccc(SCc2nnsc2Cl)cc1F. The Balaban J connectivity index is 2.05. The van der Waals surface area contributed by atoms with Gasteiger partial charge in [-0.3, -0.25) is 0 Å². The van der Waals surface area contributed by atoms with Crippen molar-refractivity contribution in [2.24, 2.45) is 0 Å². The van der Waals surface area contributed by atoms with E-state index < -0.39 is 11.6 Å². The summed E-state index contributed by atoms with van der Waals surface area (Å²) in [5, 5.41) is 3.82. The summed E-state index contributed by atoms with van der Waals surface area (Å²) in [5.74, 6) is -1.22. The van der Waals surface area contributed by atoms with Crippen LogP contribution in [0.2, 0.25) is 4.34 Å². The molecule has 2 rings (SSSR count). The average molecular weight is 279 g/mol. The zero-order valence-electron chi connectivity index (χ0n) is 7.78. The van der Waals surface area contributed by atoms with E-state index in [4.69, 9.17) is 11.6 Å². The molecule has 0 N–H and O–H groups in total. The van der Waals surface area contributed by atoms with Crippen molar-refractivity contribution in [2.75, 3.05) is 0 Å². The van der Waals surface area contributed by atoms with Crippen molar-refractivity contribution in [3.05, 3.63) is 39.9 Å². The molecule has 7 heteroatoms. The maximum atomic E-state index is 12.9. The summed E-state index contributed by atoms with van der Waals surface area (Å²) in [6, 6.07) is 3.75. The number of benzene rings is 1. The van der Waals surface area contributed by atoms with E-state index in [1.54, 1.807) is 0 Å². The number of aromatic nitrogens is 2. The zero-order chi connectivity index (χ0) is 11.5. The maximum Gasteiger partial charge on any atom is 0.159 e. The van der Waals surface area contributed by atoms with Crippen molar-refractivity contribution in [1.29, 1.82) is 0 Å². The van der Waals surface area contributed by atoms with E-state index in [0.29, 0.717) is 20.7 Å². The second-order valence-electron chi connectivity index (χ2n) is 2.86. The van der Waals surface area contributed by atoms with Crippen LogP contribution in [0.4, 0.5) is 8.78 Å². The Hall–Kier alpha value is -0.720. The molecule has 0 saturated carbocycles. The third-order valence-electron chi connectivity index (χ3n) is 1.78. The van der Waals surface area contributed by atoms with Gasteiger partial charge in [0.15, 0.2) is 11.6 Å². The number of nitrogens with zero attached hydrogens (tertiary/aromatic N) is 2. The maximum absolute atomic E-state index is 12.9. The van der Waals surface area contributed by atoms with E-state index in [1.165, 1.54) is 17.8 Å². The second kappa shape index (κ2) is 5.07. The molecular weight excluding hydrogens is 274 g/mol. The lowest BCUT2D eigenvalue weighted by molar-refractivity contribution is 0.506. The summed E-state index contributed by atoms with van der Waals surface area (Å²) in [6.07, 6.45) is 0. The Kier molecular flexibility index (Phi) is 3.73. The third kappa shape index (κ3) is 2.69. The summed E-state index contributed by atoms with van der Waals surface area (Å²) < 4.78 is 29.7. The molecule has 0 aliphatic carbocycles. The second-order valence-corrected chi connectivity index (χ2v) is 5.26. The van der Waals surface area contributed by atoms with Gasteiger partial charge in [0.1, 0.15) is 10.0 Å². The minimum Gasteiger partial charge on any atom is -0.204 e. The molecule has 2 aromatic rings. The normalized spacial score (nSPS) is 10.7. The molecule has 1 aromatic carbocycles. The molecule has 0 saturated heterocycles. The quantitative estimate of drug-likeness (QED) is 0.800. The van der Waals surface area contributed by atoms with Gasteiger partial charge < -0.3 is 0 Å². The summed E-state index contributed by atoms with van der Waals surface area (Å²) in [4.78, 5) is 0.628. The highest BCUT2D eigenvalue weighted by Crippen LogP contribution is 2.27. The molecular formula is C9H5ClF2N2S2. The van der Waals surface area contributed by atoms with Crippen LogP contribution in [-0.2, 0) is 5.75 Å². The van der Waals surface area contributed by atoms with Crippen LogP contribution in [-0.4, -0.2) is 9.59 Å². The summed E-state index contributed by atoms with van der Waals surface area (Å²) in [7, 11) is 0. The topological polar surface area (TPSA) is 25.8 Å². The van der Waals surface area contributed by atoms with Gasteiger partial charge >= 0.3 is 0 Å². The highest BCUT2D eigenvalue weighted by Gasteiger charge is 2.07. The van der Waals surface area contributed by atoms with Crippen LogP contribution < -0.4 is 0 Å². The van der Waals surface area contributed by atoms with Crippen LogP contribution >= 0.6 is 34.9 Å². The summed E-state index contributed by atoms with van der Waals surface area (Å²) in [6.45, 7) is 0. The summed E-state index contributed by atoms with van der Waals surface area (Å²) in [5.41, 5.74) is 0.654. The molecule has 0 aliphatic rings. The molecule has 1 aromatic heterocycles. The van der Waals surface area contributed by atoms with Crippen LogP contribution in [0.15, 0.2) is 23.1 Å². The number of rotatable bonds is 3. The van der Waals surface area contributed by atoms with Gasteiger partial charge in [-0.05, 0) is 18.2 Å². The first kappa shape index (κ1) is 11.8. The molecule has 0 radical (unpaired) electrons. The lowest BCUT2D eigenvalue weighted by atomic mass is 10.3. The van der Waals surface area contributed by atoms with Crippen molar-refractivity contribution in [2.45, 2.75) is 10.6 Å². The van der Waals surface area contributed by atoms with E-state index in [2.05, 4.69) is 9.59 Å². The molecule has 0 unspecified atom stereocenters. The molecule has 0 aliphatic heterocycles. The first-order valence-corrected chi connectivity index (χ1v) is 6.35. The Morgan fingerprint density at radius 3 is 2.75 bits per heavy atom. The molecule has 0 atom stereocenters. The molecule has 0 bridgehead atoms. The van der Waals surface area contributed by atoms with Gasteiger partial charge in [0, 0.05) is 22.2 Å². The standard InChI is InChI=1S/C9H5ClF2N2S2/c10-9-8(13-14-16-9)4-15-5-1-2-6(11)7(12)3-5/h1-3H,4H2. The van der Waals surface area contributed by atoms with Crippen LogP contribution in [0.3, 0.4) is 0 Å². The van der Waals surface area contributed by atoms with E-state index in [-0.39, 0.29) is 0 Å². The van der Waals surface area contributed by atoms with Crippen molar-refractivity contribution in [3.63, 3.8) is 0 Å². The van der Waals surface area contributed by atoms with Crippen molar-refractivity contribution < 1.29 is 8.78 Å². The average Bonchev–Trinajstić information content (AvgIpc) is 2.66. The number of halogens is 3. The Morgan fingerprint density at radius 2 is 2.12 bits per heavy atom. The van der Waals surface area contributed by atoms with Crippen molar-refractivity contribution in [1.82, 2.24) is 9.59 Å². The smallest absolute Gasteiger partial charge is 0.159 e. The van der Waals surface area contributed by atoms with Crippen molar-refractivity contribution in [3.8, 4) is 0 Å². The molecule has 16 heavy (non-hydrogen) atoms. The van der Waals surface area contributed by atoms with Crippen LogP contribution in [0.25, 0.3) is 0 Å². The predicted molar refractivity (Wildman–Crippen MR) is 60.8 cm³/mol. The number of hydrogen-bond acceptors (Lipinski definition) is 4. The highest BCUT2D eigenvalue weighted by molar-refractivity contribution is 7.98. The molecule has 0 amide bonds. The third-order valence-corrected chi connectivity index (χ3v) is 3.77. The molecule has 0 spiro atoms. The van der Waals surface area contributed by atoms with Gasteiger partial charge in [0.25, 0.3) is 0 Å². The minimum absolute atomic E-state index is 0.487. The van der Waals surface area contributed by atoms with Gasteiger partial charge in [0.2, 0.25) is 0 Å². The lowest BCUT2D eigenvalue weighted by Crippen LogP contribution is -1.85. The van der Waals surface area contributed by atoms with Gasteiger partial charge in [-0.2, -0.15) is 0 Å². The fourth-order valence-electron chi connectivity index (χ4n) is 1.00. The van der Waals surface area contributed by atoms with Gasteiger partial charge in [0.05, 0.1) is 0 Å². The first-order chi connectivity index (χ1) is 7.66. The Labute approximate surface area is 104 Å². The molecule has 2 nitrogen and oxygen atoms in total. The minimum atomic E-state index is -0.854. The molecule has 84 valence electrons. The van der Waals surface area contributed by atoms with Crippen molar-refractivity contribution >= 4 is 34.9 Å². The number of thioether (sulfide) groups is 1. The van der Waals surface area contributed by atoms with E-state index in [1.807, 2.05) is 0 Å². The monoisotopic (exact) mass is 278 g/mol. The first-order valence-electron chi connectivity index (χ1n) is 4.21. The van der Waals surface area contributed by atoms with Gasteiger partial charge in [-0.1, -0.05) is 16.1 Å². The molecule has 0 fully saturated rings. The fraction of sp³-hybridized carbons (Fsp3) is 0.111. The van der Waals surface area contributed by atoms with Crippen LogP contribution in [0.1, 0.15) is 5.69 Å². The molecule has 1 heterocycles.